The zero-order chi connectivity index (χ0) is 11.1. The lowest BCUT2D eigenvalue weighted by Crippen LogP contribution is -1.86. The van der Waals surface area contributed by atoms with Crippen molar-refractivity contribution in [3.05, 3.63) is 48.2 Å². The SMILES string of the molecule is C=CN=C(C#Cc1cccc(C)c1)N=C. The first kappa shape index (κ1) is 10.9. The van der Waals surface area contributed by atoms with Gasteiger partial charge in [0.05, 0.1) is 0 Å². The van der Waals surface area contributed by atoms with Gasteiger partial charge in [-0.15, -0.1) is 0 Å². The standard InChI is InChI=1S/C13H12N2/c1-4-15-13(14-3)9-8-12-7-5-6-11(2)10-12/h4-7,10H,1,3H2,2H3. The summed E-state index contributed by atoms with van der Waals surface area (Å²) in [5.74, 6) is 6.15. The van der Waals surface area contributed by atoms with E-state index in [1.807, 2.05) is 31.2 Å². The Morgan fingerprint density at radius 2 is 2.27 bits per heavy atom. The lowest BCUT2D eigenvalue weighted by atomic mass is 10.1. The largest absolute Gasteiger partial charge is 0.237 e. The summed E-state index contributed by atoms with van der Waals surface area (Å²) in [6.07, 6.45) is 1.40. The van der Waals surface area contributed by atoms with Gasteiger partial charge < -0.3 is 0 Å². The fourth-order valence-corrected chi connectivity index (χ4v) is 1.05. The van der Waals surface area contributed by atoms with Gasteiger partial charge in [-0.1, -0.05) is 24.6 Å². The molecule has 2 nitrogen and oxygen atoms in total. The van der Waals surface area contributed by atoms with Crippen LogP contribution in [0.4, 0.5) is 0 Å². The van der Waals surface area contributed by atoms with Crippen molar-refractivity contribution in [2.45, 2.75) is 6.92 Å². The molecule has 0 unspecified atom stereocenters. The number of hydrogen-bond acceptors (Lipinski definition) is 1. The monoisotopic (exact) mass is 196 g/mol. The number of hydrogen-bond donors (Lipinski definition) is 0. The highest BCUT2D eigenvalue weighted by Gasteiger charge is 1.88. The quantitative estimate of drug-likeness (QED) is 0.375. The summed E-state index contributed by atoms with van der Waals surface area (Å²) in [7, 11) is 0. The molecule has 15 heavy (non-hydrogen) atoms. The first-order valence-electron chi connectivity index (χ1n) is 4.50. The predicted octanol–water partition coefficient (Wildman–Crippen LogP) is 2.59. The van der Waals surface area contributed by atoms with E-state index in [0.29, 0.717) is 5.84 Å². The Morgan fingerprint density at radius 3 is 2.87 bits per heavy atom. The van der Waals surface area contributed by atoms with Crippen molar-refractivity contribution in [1.29, 1.82) is 0 Å². The summed E-state index contributed by atoms with van der Waals surface area (Å²) in [5, 5.41) is 0. The van der Waals surface area contributed by atoms with Gasteiger partial charge in [-0.2, -0.15) is 0 Å². The van der Waals surface area contributed by atoms with Crippen LogP contribution in [0.15, 0.2) is 47.0 Å². The first-order chi connectivity index (χ1) is 7.26. The average Bonchev–Trinajstić information content (AvgIpc) is 2.24. The molecule has 0 aliphatic carbocycles. The number of benzene rings is 1. The molecule has 2 heteroatoms. The molecule has 0 spiro atoms. The minimum Gasteiger partial charge on any atom is -0.237 e. The Kier molecular flexibility index (Phi) is 4.05. The number of amidine groups is 1. The summed E-state index contributed by atoms with van der Waals surface area (Å²) >= 11 is 0. The number of nitrogens with zero attached hydrogens (tertiary/aromatic N) is 2. The second-order valence-electron chi connectivity index (χ2n) is 2.91. The van der Waals surface area contributed by atoms with Crippen molar-refractivity contribution in [3.63, 3.8) is 0 Å². The van der Waals surface area contributed by atoms with E-state index in [4.69, 9.17) is 0 Å². The molecule has 0 aromatic heterocycles. The molecule has 0 amide bonds. The maximum Gasteiger partial charge on any atom is 0.204 e. The Hall–Kier alpha value is -2.14. The van der Waals surface area contributed by atoms with Crippen molar-refractivity contribution < 1.29 is 0 Å². The molecular weight excluding hydrogens is 184 g/mol. The minimum atomic E-state index is 0.381. The second-order valence-corrected chi connectivity index (χ2v) is 2.91. The highest BCUT2D eigenvalue weighted by molar-refractivity contribution is 6.01. The van der Waals surface area contributed by atoms with Crippen LogP contribution < -0.4 is 0 Å². The van der Waals surface area contributed by atoms with E-state index >= 15 is 0 Å². The minimum absolute atomic E-state index is 0.381. The molecule has 74 valence electrons. The van der Waals surface area contributed by atoms with Gasteiger partial charge in [0.1, 0.15) is 0 Å². The molecule has 0 fully saturated rings. The molecular formula is C13H12N2. The maximum absolute atomic E-state index is 3.86. The Morgan fingerprint density at radius 1 is 1.47 bits per heavy atom. The van der Waals surface area contributed by atoms with Gasteiger partial charge in [-0.3, -0.25) is 0 Å². The molecule has 0 saturated carbocycles. The van der Waals surface area contributed by atoms with E-state index in [0.717, 1.165) is 5.56 Å². The van der Waals surface area contributed by atoms with Gasteiger partial charge in [0.15, 0.2) is 0 Å². The molecule has 0 saturated heterocycles. The van der Waals surface area contributed by atoms with Crippen LogP contribution in [0.1, 0.15) is 11.1 Å². The van der Waals surface area contributed by atoms with Crippen molar-refractivity contribution in [2.24, 2.45) is 9.98 Å². The Balaban J connectivity index is 2.94. The number of aryl methyl sites for hydroxylation is 1. The zero-order valence-electron chi connectivity index (χ0n) is 8.70. The number of rotatable bonds is 1. The van der Waals surface area contributed by atoms with Crippen LogP contribution in [0.25, 0.3) is 0 Å². The molecule has 0 N–H and O–H groups in total. The molecule has 0 bridgehead atoms. The van der Waals surface area contributed by atoms with Crippen LogP contribution in [0.5, 0.6) is 0 Å². The van der Waals surface area contributed by atoms with Gasteiger partial charge in [-0.25, -0.2) is 9.98 Å². The highest BCUT2D eigenvalue weighted by atomic mass is 14.9. The van der Waals surface area contributed by atoms with E-state index < -0.39 is 0 Å². The molecule has 0 atom stereocenters. The lowest BCUT2D eigenvalue weighted by Gasteiger charge is -1.91. The van der Waals surface area contributed by atoms with Gasteiger partial charge >= 0.3 is 0 Å². The topological polar surface area (TPSA) is 24.7 Å². The third-order valence-corrected chi connectivity index (χ3v) is 1.70. The molecule has 0 aliphatic rings. The summed E-state index contributed by atoms with van der Waals surface area (Å²) in [4.78, 5) is 7.53. The van der Waals surface area contributed by atoms with Gasteiger partial charge in [0.2, 0.25) is 5.84 Å². The average molecular weight is 196 g/mol. The molecule has 0 heterocycles. The van der Waals surface area contributed by atoms with E-state index in [9.17, 15) is 0 Å². The Labute approximate surface area is 90.1 Å². The summed E-state index contributed by atoms with van der Waals surface area (Å²) in [6.45, 7) is 8.88. The fourth-order valence-electron chi connectivity index (χ4n) is 1.05. The van der Waals surface area contributed by atoms with Gasteiger partial charge in [0, 0.05) is 11.8 Å². The van der Waals surface area contributed by atoms with Crippen LogP contribution in [-0.2, 0) is 0 Å². The molecule has 1 rings (SSSR count). The van der Waals surface area contributed by atoms with E-state index in [-0.39, 0.29) is 0 Å². The lowest BCUT2D eigenvalue weighted by molar-refractivity contribution is 1.45. The first-order valence-corrected chi connectivity index (χ1v) is 4.50. The molecule has 1 aromatic rings. The molecule has 1 aromatic carbocycles. The summed E-state index contributed by atoms with van der Waals surface area (Å²) in [5.41, 5.74) is 2.12. The third kappa shape index (κ3) is 3.61. The highest BCUT2D eigenvalue weighted by Crippen LogP contribution is 2.01. The van der Waals surface area contributed by atoms with Crippen molar-refractivity contribution in [1.82, 2.24) is 0 Å². The molecule has 0 radical (unpaired) electrons. The third-order valence-electron chi connectivity index (χ3n) is 1.70. The fraction of sp³-hybridized carbons (Fsp3) is 0.0769. The Bertz CT molecular complexity index is 459. The van der Waals surface area contributed by atoms with E-state index in [1.165, 1.54) is 11.8 Å². The molecule has 0 aliphatic heterocycles. The van der Waals surface area contributed by atoms with Gasteiger partial charge in [-0.05, 0) is 37.3 Å². The van der Waals surface area contributed by atoms with Crippen LogP contribution in [0.2, 0.25) is 0 Å². The van der Waals surface area contributed by atoms with Gasteiger partial charge in [0.25, 0.3) is 0 Å². The summed E-state index contributed by atoms with van der Waals surface area (Å²) < 4.78 is 0. The van der Waals surface area contributed by atoms with E-state index in [2.05, 4.69) is 35.1 Å². The van der Waals surface area contributed by atoms with Crippen LogP contribution in [0, 0.1) is 18.8 Å². The van der Waals surface area contributed by atoms with Crippen LogP contribution in [-0.4, -0.2) is 12.6 Å². The second kappa shape index (κ2) is 5.56. The van der Waals surface area contributed by atoms with Crippen molar-refractivity contribution in [2.75, 3.05) is 0 Å². The smallest absolute Gasteiger partial charge is 0.204 e. The van der Waals surface area contributed by atoms with Crippen LogP contribution in [0.3, 0.4) is 0 Å². The summed E-state index contributed by atoms with van der Waals surface area (Å²) in [6, 6.07) is 7.93. The predicted molar refractivity (Wildman–Crippen MR) is 65.2 cm³/mol. The zero-order valence-corrected chi connectivity index (χ0v) is 8.70. The van der Waals surface area contributed by atoms with E-state index in [1.54, 1.807) is 0 Å². The van der Waals surface area contributed by atoms with Crippen molar-refractivity contribution in [3.8, 4) is 11.8 Å². The van der Waals surface area contributed by atoms with Crippen LogP contribution >= 0.6 is 0 Å². The maximum atomic E-state index is 3.86. The van der Waals surface area contributed by atoms with Crippen molar-refractivity contribution >= 4 is 12.6 Å². The number of aliphatic imine (C=N–C) groups is 2. The normalized spacial score (nSPS) is 10.1.